The molecule has 1 aliphatic carbocycles. The van der Waals surface area contributed by atoms with Crippen LogP contribution in [0.15, 0.2) is 48.5 Å². The molecule has 6 heteroatoms. The third kappa shape index (κ3) is 3.51. The quantitative estimate of drug-likeness (QED) is 0.784. The van der Waals surface area contributed by atoms with Gasteiger partial charge in [0.25, 0.3) is 5.91 Å². The Morgan fingerprint density at radius 2 is 1.54 bits per heavy atom. The zero-order valence-electron chi connectivity index (χ0n) is 15.5. The summed E-state index contributed by atoms with van der Waals surface area (Å²) >= 11 is 5.98. The van der Waals surface area contributed by atoms with Crippen molar-refractivity contribution in [3.05, 3.63) is 70.5 Å². The van der Waals surface area contributed by atoms with Crippen molar-refractivity contribution in [3.8, 4) is 0 Å². The largest absolute Gasteiger partial charge is 0.340 e. The highest BCUT2D eigenvalue weighted by atomic mass is 35.5. The maximum Gasteiger partial charge on any atom is 0.256 e. The van der Waals surface area contributed by atoms with Crippen molar-refractivity contribution in [2.45, 2.75) is 24.7 Å². The van der Waals surface area contributed by atoms with Gasteiger partial charge in [0.15, 0.2) is 0 Å². The first kappa shape index (κ1) is 18.9. The SMILES string of the molecule is O=C(c1ccccc1F)N1CCCN(C(=O)C2(c3ccc(Cl)cc3)CC2)CC1. The molecule has 0 aromatic heterocycles. The minimum absolute atomic E-state index is 0.0853. The first-order chi connectivity index (χ1) is 13.5. The van der Waals surface area contributed by atoms with E-state index in [4.69, 9.17) is 11.6 Å². The lowest BCUT2D eigenvalue weighted by molar-refractivity contribution is -0.133. The van der Waals surface area contributed by atoms with Crippen LogP contribution in [-0.4, -0.2) is 47.8 Å². The van der Waals surface area contributed by atoms with E-state index >= 15 is 0 Å². The topological polar surface area (TPSA) is 40.6 Å². The monoisotopic (exact) mass is 400 g/mol. The van der Waals surface area contributed by atoms with Crippen molar-refractivity contribution in [1.82, 2.24) is 9.80 Å². The summed E-state index contributed by atoms with van der Waals surface area (Å²) in [6.07, 6.45) is 2.35. The van der Waals surface area contributed by atoms with Gasteiger partial charge in [-0.1, -0.05) is 35.9 Å². The van der Waals surface area contributed by atoms with Crippen LogP contribution in [0.5, 0.6) is 0 Å². The molecule has 0 unspecified atom stereocenters. The van der Waals surface area contributed by atoms with E-state index in [0.717, 1.165) is 18.4 Å². The van der Waals surface area contributed by atoms with Crippen molar-refractivity contribution >= 4 is 23.4 Å². The van der Waals surface area contributed by atoms with Gasteiger partial charge in [-0.15, -0.1) is 0 Å². The minimum atomic E-state index is -0.510. The molecule has 1 aliphatic heterocycles. The Hall–Kier alpha value is -2.40. The number of nitrogens with zero attached hydrogens (tertiary/aromatic N) is 2. The second-order valence-corrected chi connectivity index (χ2v) is 7.94. The van der Waals surface area contributed by atoms with Crippen LogP contribution in [0, 0.1) is 5.82 Å². The van der Waals surface area contributed by atoms with E-state index in [1.807, 2.05) is 29.2 Å². The molecule has 4 rings (SSSR count). The molecular formula is C22H22ClFN2O2. The minimum Gasteiger partial charge on any atom is -0.340 e. The van der Waals surface area contributed by atoms with E-state index in [2.05, 4.69) is 0 Å². The van der Waals surface area contributed by atoms with Gasteiger partial charge in [0.2, 0.25) is 5.91 Å². The Bertz CT molecular complexity index is 896. The molecule has 2 aliphatic rings. The third-order valence-corrected chi connectivity index (χ3v) is 5.98. The maximum absolute atomic E-state index is 14.0. The Morgan fingerprint density at radius 3 is 2.21 bits per heavy atom. The van der Waals surface area contributed by atoms with Gasteiger partial charge >= 0.3 is 0 Å². The number of hydrogen-bond donors (Lipinski definition) is 0. The van der Waals surface area contributed by atoms with Gasteiger partial charge in [-0.05, 0) is 49.1 Å². The summed E-state index contributed by atoms with van der Waals surface area (Å²) in [4.78, 5) is 29.4. The standard InChI is InChI=1S/C22H22ClFN2O2/c23-17-8-6-16(7-9-17)22(10-11-22)21(28)26-13-3-12-25(14-15-26)20(27)18-4-1-2-5-19(18)24/h1-2,4-9H,3,10-15H2. The molecule has 4 nitrogen and oxygen atoms in total. The molecule has 146 valence electrons. The maximum atomic E-state index is 14.0. The Balaban J connectivity index is 1.45. The van der Waals surface area contributed by atoms with Crippen molar-refractivity contribution in [1.29, 1.82) is 0 Å². The number of carbonyl (C=O) groups excluding carboxylic acids is 2. The van der Waals surface area contributed by atoms with E-state index in [1.54, 1.807) is 17.0 Å². The molecule has 1 saturated carbocycles. The number of rotatable bonds is 3. The van der Waals surface area contributed by atoms with Gasteiger partial charge < -0.3 is 9.80 Å². The second-order valence-electron chi connectivity index (χ2n) is 7.51. The van der Waals surface area contributed by atoms with Gasteiger partial charge in [0.05, 0.1) is 11.0 Å². The van der Waals surface area contributed by atoms with Gasteiger partial charge in [0, 0.05) is 31.2 Å². The molecule has 2 amide bonds. The molecule has 0 atom stereocenters. The van der Waals surface area contributed by atoms with Crippen LogP contribution in [0.4, 0.5) is 4.39 Å². The van der Waals surface area contributed by atoms with E-state index in [1.165, 1.54) is 12.1 Å². The molecule has 0 radical (unpaired) electrons. The normalized spacial score (nSPS) is 18.5. The van der Waals surface area contributed by atoms with Crippen molar-refractivity contribution in [2.75, 3.05) is 26.2 Å². The molecule has 0 spiro atoms. The fourth-order valence-electron chi connectivity index (χ4n) is 3.95. The summed E-state index contributed by atoms with van der Waals surface area (Å²) < 4.78 is 14.0. The highest BCUT2D eigenvalue weighted by molar-refractivity contribution is 6.30. The van der Waals surface area contributed by atoms with Crippen molar-refractivity contribution in [3.63, 3.8) is 0 Å². The molecule has 2 aromatic carbocycles. The fourth-order valence-corrected chi connectivity index (χ4v) is 4.08. The van der Waals surface area contributed by atoms with E-state index < -0.39 is 11.2 Å². The van der Waals surface area contributed by atoms with E-state index in [0.29, 0.717) is 37.6 Å². The van der Waals surface area contributed by atoms with Gasteiger partial charge in [0.1, 0.15) is 5.82 Å². The Labute approximate surface area is 168 Å². The third-order valence-electron chi connectivity index (χ3n) is 5.73. The molecule has 0 N–H and O–H groups in total. The predicted octanol–water partition coefficient (Wildman–Crippen LogP) is 3.89. The molecule has 1 heterocycles. The van der Waals surface area contributed by atoms with Crippen LogP contribution >= 0.6 is 11.6 Å². The predicted molar refractivity (Wildman–Crippen MR) is 106 cm³/mol. The highest BCUT2D eigenvalue weighted by Gasteiger charge is 2.53. The van der Waals surface area contributed by atoms with Crippen LogP contribution in [0.2, 0.25) is 5.02 Å². The summed E-state index contributed by atoms with van der Waals surface area (Å²) in [5, 5.41) is 0.657. The van der Waals surface area contributed by atoms with E-state index in [9.17, 15) is 14.0 Å². The second kappa shape index (κ2) is 7.55. The molecule has 28 heavy (non-hydrogen) atoms. The molecule has 2 aromatic rings. The van der Waals surface area contributed by atoms with Gasteiger partial charge in [-0.3, -0.25) is 9.59 Å². The van der Waals surface area contributed by atoms with Gasteiger partial charge in [-0.2, -0.15) is 0 Å². The van der Waals surface area contributed by atoms with Crippen LogP contribution in [0.3, 0.4) is 0 Å². The van der Waals surface area contributed by atoms with Crippen molar-refractivity contribution in [2.24, 2.45) is 0 Å². The lowest BCUT2D eigenvalue weighted by Crippen LogP contribution is -2.42. The number of carbonyl (C=O) groups is 2. The Kier molecular flexibility index (Phi) is 5.11. The number of hydrogen-bond acceptors (Lipinski definition) is 2. The van der Waals surface area contributed by atoms with E-state index in [-0.39, 0.29) is 17.4 Å². The summed E-state index contributed by atoms with van der Waals surface area (Å²) in [5.74, 6) is -0.703. The average molecular weight is 401 g/mol. The number of benzene rings is 2. The van der Waals surface area contributed by atoms with Gasteiger partial charge in [-0.25, -0.2) is 4.39 Å². The van der Waals surface area contributed by atoms with Crippen LogP contribution in [-0.2, 0) is 10.2 Å². The molecular weight excluding hydrogens is 379 g/mol. The number of halogens is 2. The smallest absolute Gasteiger partial charge is 0.256 e. The lowest BCUT2D eigenvalue weighted by Gasteiger charge is -2.27. The lowest BCUT2D eigenvalue weighted by atomic mass is 9.94. The zero-order valence-corrected chi connectivity index (χ0v) is 16.3. The Morgan fingerprint density at radius 1 is 0.893 bits per heavy atom. The summed E-state index contributed by atoms with van der Waals surface area (Å²) in [7, 11) is 0. The summed E-state index contributed by atoms with van der Waals surface area (Å²) in [6, 6.07) is 13.5. The first-order valence-electron chi connectivity index (χ1n) is 9.60. The highest BCUT2D eigenvalue weighted by Crippen LogP contribution is 2.49. The van der Waals surface area contributed by atoms with Crippen LogP contribution in [0.1, 0.15) is 35.2 Å². The molecule has 1 saturated heterocycles. The molecule has 0 bridgehead atoms. The summed E-state index contributed by atoms with van der Waals surface area (Å²) in [5.41, 5.74) is 0.641. The number of amides is 2. The first-order valence-corrected chi connectivity index (χ1v) is 9.98. The van der Waals surface area contributed by atoms with Crippen LogP contribution < -0.4 is 0 Å². The molecule has 2 fully saturated rings. The van der Waals surface area contributed by atoms with Crippen molar-refractivity contribution < 1.29 is 14.0 Å². The fraction of sp³-hybridized carbons (Fsp3) is 0.364. The summed E-state index contributed by atoms with van der Waals surface area (Å²) in [6.45, 7) is 2.00. The van der Waals surface area contributed by atoms with Crippen LogP contribution in [0.25, 0.3) is 0 Å². The zero-order chi connectivity index (χ0) is 19.7. The average Bonchev–Trinajstić information content (AvgIpc) is 3.52.